The maximum atomic E-state index is 11.6. The lowest BCUT2D eigenvalue weighted by molar-refractivity contribution is -0.150. The largest absolute Gasteiger partial charge is 0.490 e. The van der Waals surface area contributed by atoms with Gasteiger partial charge in [-0.3, -0.25) is 0 Å². The van der Waals surface area contributed by atoms with Crippen molar-refractivity contribution in [2.24, 2.45) is 0 Å². The molecule has 1 aromatic rings. The van der Waals surface area contributed by atoms with Crippen LogP contribution in [0.5, 0.6) is 11.5 Å². The van der Waals surface area contributed by atoms with E-state index in [1.54, 1.807) is 32.0 Å². The molecule has 1 N–H and O–H groups in total. The molecule has 0 saturated carbocycles. The lowest BCUT2D eigenvalue weighted by Crippen LogP contribution is -2.26. The van der Waals surface area contributed by atoms with Gasteiger partial charge in [0.25, 0.3) is 0 Å². The normalized spacial score (nSPS) is 11.8. The van der Waals surface area contributed by atoms with E-state index in [4.69, 9.17) is 14.2 Å². The van der Waals surface area contributed by atoms with E-state index in [0.717, 1.165) is 0 Å². The molecule has 0 aromatic heterocycles. The molecule has 1 aromatic carbocycles. The highest BCUT2D eigenvalue weighted by Crippen LogP contribution is 2.32. The average molecular weight is 268 g/mol. The number of aliphatic hydroxyl groups excluding tert-OH is 1. The number of ether oxygens (including phenoxy) is 3. The van der Waals surface area contributed by atoms with Gasteiger partial charge in [0.1, 0.15) is 0 Å². The number of aliphatic hydroxyl groups is 1. The molecule has 0 bridgehead atoms. The highest BCUT2D eigenvalue weighted by atomic mass is 16.6. The summed E-state index contributed by atoms with van der Waals surface area (Å²) in [4.78, 5) is 11.6. The average Bonchev–Trinajstić information content (AvgIpc) is 2.41. The van der Waals surface area contributed by atoms with E-state index in [0.29, 0.717) is 30.3 Å². The Morgan fingerprint density at radius 1 is 1.32 bits per heavy atom. The molecule has 5 nitrogen and oxygen atoms in total. The summed E-state index contributed by atoms with van der Waals surface area (Å²) in [5.74, 6) is 0.440. The van der Waals surface area contributed by atoms with E-state index < -0.39 is 12.1 Å². The first kappa shape index (κ1) is 15.3. The summed E-state index contributed by atoms with van der Waals surface area (Å²) in [6.07, 6.45) is -0.758. The van der Waals surface area contributed by atoms with Gasteiger partial charge in [-0.1, -0.05) is 12.1 Å². The van der Waals surface area contributed by atoms with Crippen LogP contribution in [0.3, 0.4) is 0 Å². The maximum absolute atomic E-state index is 11.6. The third-order valence-corrected chi connectivity index (χ3v) is 2.44. The van der Waals surface area contributed by atoms with Crippen LogP contribution in [0.25, 0.3) is 0 Å². The smallest absolute Gasteiger partial charge is 0.347 e. The minimum Gasteiger partial charge on any atom is -0.490 e. The zero-order chi connectivity index (χ0) is 14.3. The third-order valence-electron chi connectivity index (χ3n) is 2.44. The first-order valence-electron chi connectivity index (χ1n) is 6.32. The van der Waals surface area contributed by atoms with E-state index in [9.17, 15) is 9.90 Å². The van der Waals surface area contributed by atoms with Gasteiger partial charge >= 0.3 is 5.97 Å². The van der Waals surface area contributed by atoms with Gasteiger partial charge in [0.05, 0.1) is 19.8 Å². The molecule has 106 valence electrons. The predicted molar refractivity (Wildman–Crippen MR) is 70.3 cm³/mol. The minimum atomic E-state index is -0.758. The standard InChI is InChI=1S/C14H20O5/c1-4-17-12-8-6-7-11(9-15)13(12)19-10(3)14(16)18-5-2/h6-8,10,15H,4-5,9H2,1-3H3. The predicted octanol–water partition coefficient (Wildman–Crippen LogP) is 1.91. The SMILES string of the molecule is CCOC(=O)C(C)Oc1c(CO)cccc1OCC. The molecule has 0 spiro atoms. The number of esters is 1. The quantitative estimate of drug-likeness (QED) is 0.765. The van der Waals surface area contributed by atoms with Crippen molar-refractivity contribution < 1.29 is 24.1 Å². The van der Waals surface area contributed by atoms with Crippen molar-refractivity contribution in [3.8, 4) is 11.5 Å². The van der Waals surface area contributed by atoms with Crippen LogP contribution in [-0.2, 0) is 16.1 Å². The molecule has 0 aliphatic carbocycles. The van der Waals surface area contributed by atoms with Crippen LogP contribution in [0.2, 0.25) is 0 Å². The number of hydrogen-bond acceptors (Lipinski definition) is 5. The second-order valence-electron chi connectivity index (χ2n) is 3.85. The van der Waals surface area contributed by atoms with Gasteiger partial charge in [0.15, 0.2) is 17.6 Å². The van der Waals surface area contributed by atoms with Gasteiger partial charge in [-0.2, -0.15) is 0 Å². The Morgan fingerprint density at radius 3 is 2.63 bits per heavy atom. The Morgan fingerprint density at radius 2 is 2.05 bits per heavy atom. The molecule has 0 radical (unpaired) electrons. The second kappa shape index (κ2) is 7.63. The summed E-state index contributed by atoms with van der Waals surface area (Å²) in [6.45, 7) is 5.77. The third kappa shape index (κ3) is 4.13. The first-order chi connectivity index (χ1) is 9.13. The number of rotatable bonds is 7. The number of benzene rings is 1. The van der Waals surface area contributed by atoms with E-state index in [1.807, 2.05) is 6.92 Å². The summed E-state index contributed by atoms with van der Waals surface area (Å²) in [6, 6.07) is 5.21. The number of carbonyl (C=O) groups is 1. The lowest BCUT2D eigenvalue weighted by atomic mass is 10.2. The van der Waals surface area contributed by atoms with Crippen molar-refractivity contribution in [2.45, 2.75) is 33.5 Å². The van der Waals surface area contributed by atoms with Crippen molar-refractivity contribution in [3.05, 3.63) is 23.8 Å². The molecular weight excluding hydrogens is 248 g/mol. The molecular formula is C14H20O5. The van der Waals surface area contributed by atoms with Crippen molar-refractivity contribution in [1.29, 1.82) is 0 Å². The highest BCUT2D eigenvalue weighted by Gasteiger charge is 2.20. The molecule has 0 saturated heterocycles. The molecule has 5 heteroatoms. The number of para-hydroxylation sites is 1. The van der Waals surface area contributed by atoms with Crippen molar-refractivity contribution in [3.63, 3.8) is 0 Å². The monoisotopic (exact) mass is 268 g/mol. The molecule has 19 heavy (non-hydrogen) atoms. The van der Waals surface area contributed by atoms with Gasteiger partial charge in [-0.25, -0.2) is 4.79 Å². The van der Waals surface area contributed by atoms with Crippen molar-refractivity contribution in [2.75, 3.05) is 13.2 Å². The fourth-order valence-corrected chi connectivity index (χ4v) is 1.57. The van der Waals surface area contributed by atoms with Gasteiger partial charge in [-0.05, 0) is 26.8 Å². The fraction of sp³-hybridized carbons (Fsp3) is 0.500. The van der Waals surface area contributed by atoms with Crippen LogP contribution < -0.4 is 9.47 Å². The van der Waals surface area contributed by atoms with Crippen LogP contribution >= 0.6 is 0 Å². The van der Waals surface area contributed by atoms with Gasteiger partial charge in [0.2, 0.25) is 0 Å². The van der Waals surface area contributed by atoms with Crippen LogP contribution in [0.1, 0.15) is 26.3 Å². The first-order valence-corrected chi connectivity index (χ1v) is 6.32. The highest BCUT2D eigenvalue weighted by molar-refractivity contribution is 5.74. The Bertz CT molecular complexity index is 416. The number of carbonyl (C=O) groups excluding carboxylic acids is 1. The molecule has 0 heterocycles. The van der Waals surface area contributed by atoms with E-state index in [1.165, 1.54) is 0 Å². The van der Waals surface area contributed by atoms with Crippen molar-refractivity contribution in [1.82, 2.24) is 0 Å². The fourth-order valence-electron chi connectivity index (χ4n) is 1.57. The lowest BCUT2D eigenvalue weighted by Gasteiger charge is -2.18. The summed E-state index contributed by atoms with van der Waals surface area (Å²) in [7, 11) is 0. The van der Waals surface area contributed by atoms with E-state index >= 15 is 0 Å². The van der Waals surface area contributed by atoms with E-state index in [2.05, 4.69) is 0 Å². The Hall–Kier alpha value is -1.75. The summed E-state index contributed by atoms with van der Waals surface area (Å²) in [5.41, 5.74) is 0.571. The molecule has 0 aliphatic rings. The molecule has 0 fully saturated rings. The summed E-state index contributed by atoms with van der Waals surface area (Å²) >= 11 is 0. The maximum Gasteiger partial charge on any atom is 0.347 e. The van der Waals surface area contributed by atoms with Crippen molar-refractivity contribution >= 4 is 5.97 Å². The van der Waals surface area contributed by atoms with Gasteiger partial charge < -0.3 is 19.3 Å². The second-order valence-corrected chi connectivity index (χ2v) is 3.85. The summed E-state index contributed by atoms with van der Waals surface area (Å²) < 4.78 is 15.9. The number of hydrogen-bond donors (Lipinski definition) is 1. The Labute approximate surface area is 113 Å². The van der Waals surface area contributed by atoms with Gasteiger partial charge in [0, 0.05) is 5.56 Å². The molecule has 0 amide bonds. The van der Waals surface area contributed by atoms with Crippen LogP contribution in [0.4, 0.5) is 0 Å². The zero-order valence-corrected chi connectivity index (χ0v) is 11.5. The van der Waals surface area contributed by atoms with Crippen LogP contribution in [-0.4, -0.2) is 30.4 Å². The van der Waals surface area contributed by atoms with Crippen LogP contribution in [0.15, 0.2) is 18.2 Å². The molecule has 1 rings (SSSR count). The molecule has 1 atom stereocenters. The Balaban J connectivity index is 2.93. The van der Waals surface area contributed by atoms with Gasteiger partial charge in [-0.15, -0.1) is 0 Å². The summed E-state index contributed by atoms with van der Waals surface area (Å²) in [5, 5.41) is 9.31. The molecule has 0 aliphatic heterocycles. The zero-order valence-electron chi connectivity index (χ0n) is 11.5. The van der Waals surface area contributed by atoms with E-state index in [-0.39, 0.29) is 6.61 Å². The molecule has 1 unspecified atom stereocenters. The minimum absolute atomic E-state index is 0.189. The Kier molecular flexibility index (Phi) is 6.15. The topological polar surface area (TPSA) is 65.0 Å². The van der Waals surface area contributed by atoms with Crippen LogP contribution in [0, 0.1) is 0 Å².